The summed E-state index contributed by atoms with van der Waals surface area (Å²) < 4.78 is 13.3. The summed E-state index contributed by atoms with van der Waals surface area (Å²) >= 11 is 0. The number of nitrogens with one attached hydrogen (secondary N) is 1. The fourth-order valence-electron chi connectivity index (χ4n) is 3.98. The fraction of sp³-hybridized carbons (Fsp3) is 0.571. The first-order valence-electron chi connectivity index (χ1n) is 10.3. The van der Waals surface area contributed by atoms with E-state index in [0.29, 0.717) is 18.3 Å². The van der Waals surface area contributed by atoms with Gasteiger partial charge in [-0.15, -0.1) is 24.0 Å². The van der Waals surface area contributed by atoms with Crippen LogP contribution in [0.15, 0.2) is 35.7 Å². The topological polar surface area (TPSA) is 76.8 Å². The summed E-state index contributed by atoms with van der Waals surface area (Å²) in [4.78, 5) is 11.2. The minimum atomic E-state index is 0. The van der Waals surface area contributed by atoms with Gasteiger partial charge in [-0.25, -0.2) is 4.98 Å². The molecule has 164 valence electrons. The Morgan fingerprint density at radius 2 is 2.17 bits per heavy atom. The van der Waals surface area contributed by atoms with Gasteiger partial charge < -0.3 is 19.7 Å². The first kappa shape index (κ1) is 22.8. The number of guanidine groups is 1. The van der Waals surface area contributed by atoms with E-state index in [9.17, 15) is 0 Å². The van der Waals surface area contributed by atoms with Crippen LogP contribution in [-0.4, -0.2) is 65.1 Å². The molecule has 2 aromatic rings. The molecule has 2 aliphatic heterocycles. The highest BCUT2D eigenvalue weighted by atomic mass is 127. The number of pyridine rings is 1. The molecule has 8 nitrogen and oxygen atoms in total. The highest BCUT2D eigenvalue weighted by Gasteiger charge is 2.26. The first-order chi connectivity index (χ1) is 14.2. The van der Waals surface area contributed by atoms with Gasteiger partial charge in [-0.05, 0) is 23.6 Å². The van der Waals surface area contributed by atoms with Gasteiger partial charge in [-0.2, -0.15) is 5.10 Å². The lowest BCUT2D eigenvalue weighted by Crippen LogP contribution is -2.39. The molecular weight excluding hydrogens is 495 g/mol. The number of nitrogens with zero attached hydrogens (tertiary/aromatic N) is 5. The third kappa shape index (κ3) is 5.84. The van der Waals surface area contributed by atoms with Crippen LogP contribution in [0.25, 0.3) is 0 Å². The lowest BCUT2D eigenvalue weighted by molar-refractivity contribution is 0.0237. The maximum absolute atomic E-state index is 6.03. The van der Waals surface area contributed by atoms with E-state index in [1.807, 2.05) is 43.3 Å². The summed E-state index contributed by atoms with van der Waals surface area (Å²) in [6, 6.07) is 4.03. The van der Waals surface area contributed by atoms with Gasteiger partial charge in [0.05, 0.1) is 19.4 Å². The molecule has 0 bridgehead atoms. The lowest BCUT2D eigenvalue weighted by Gasteiger charge is -2.23. The second-order valence-electron chi connectivity index (χ2n) is 7.71. The van der Waals surface area contributed by atoms with Gasteiger partial charge in [0.25, 0.3) is 0 Å². The molecule has 2 aliphatic rings. The predicted octanol–water partition coefficient (Wildman–Crippen LogP) is 2.56. The summed E-state index contributed by atoms with van der Waals surface area (Å²) in [6.07, 6.45) is 9.05. The van der Waals surface area contributed by atoms with Gasteiger partial charge >= 0.3 is 0 Å². The van der Waals surface area contributed by atoms with Crippen molar-refractivity contribution in [1.29, 1.82) is 0 Å². The van der Waals surface area contributed by atoms with Gasteiger partial charge in [0.15, 0.2) is 5.96 Å². The number of hydrogen-bond donors (Lipinski definition) is 1. The molecular formula is C21H31IN6O2. The number of aromatic nitrogens is 3. The average molecular weight is 526 g/mol. The molecule has 1 unspecified atom stereocenters. The first-order valence-corrected chi connectivity index (χ1v) is 10.3. The summed E-state index contributed by atoms with van der Waals surface area (Å²) in [5.41, 5.74) is 2.43. The predicted molar refractivity (Wildman–Crippen MR) is 126 cm³/mol. The zero-order valence-corrected chi connectivity index (χ0v) is 20.0. The quantitative estimate of drug-likeness (QED) is 0.367. The average Bonchev–Trinajstić information content (AvgIpc) is 3.39. The molecule has 0 radical (unpaired) electrons. The van der Waals surface area contributed by atoms with Gasteiger partial charge in [-0.1, -0.05) is 0 Å². The van der Waals surface area contributed by atoms with Crippen molar-refractivity contribution in [2.75, 3.05) is 33.4 Å². The monoisotopic (exact) mass is 526 g/mol. The van der Waals surface area contributed by atoms with Crippen molar-refractivity contribution >= 4 is 29.9 Å². The second kappa shape index (κ2) is 10.9. The molecule has 0 saturated carbocycles. The third-order valence-electron chi connectivity index (χ3n) is 5.60. The normalized spacial score (nSPS) is 20.1. The molecule has 9 heteroatoms. The zero-order valence-electron chi connectivity index (χ0n) is 17.7. The van der Waals surface area contributed by atoms with Crippen molar-refractivity contribution in [3.8, 4) is 5.88 Å². The van der Waals surface area contributed by atoms with Crippen LogP contribution in [0, 0.1) is 0 Å². The molecule has 4 heterocycles. The highest BCUT2D eigenvalue weighted by Crippen LogP contribution is 2.26. The Morgan fingerprint density at radius 3 is 2.90 bits per heavy atom. The lowest BCUT2D eigenvalue weighted by atomic mass is 10.0. The molecule has 0 amide bonds. The number of likely N-dealkylation sites (tertiary alicyclic amines) is 1. The SMILES string of the molecule is CN=C(NCc1ccnc(OC2CCOCC2)c1)N1CCC(c2cnn(C)c2)C1.I. The van der Waals surface area contributed by atoms with Crippen LogP contribution < -0.4 is 10.1 Å². The Labute approximate surface area is 195 Å². The summed E-state index contributed by atoms with van der Waals surface area (Å²) in [5, 5.41) is 7.79. The Morgan fingerprint density at radius 1 is 1.33 bits per heavy atom. The molecule has 4 rings (SSSR count). The minimum absolute atomic E-state index is 0. The Hall–Kier alpha value is -1.88. The standard InChI is InChI=1S/C21H30N6O2.HI/c1-22-21(27-8-4-17(15-27)18-13-25-26(2)14-18)24-12-16-3-7-23-20(11-16)29-19-5-9-28-10-6-19;/h3,7,11,13-14,17,19H,4-6,8-10,12,15H2,1-2H3,(H,22,24);1H. The molecule has 2 fully saturated rings. The van der Waals surface area contributed by atoms with Crippen molar-refractivity contribution in [2.24, 2.45) is 12.0 Å². The number of ether oxygens (including phenoxy) is 2. The fourth-order valence-corrected chi connectivity index (χ4v) is 3.98. The molecule has 1 N–H and O–H groups in total. The second-order valence-corrected chi connectivity index (χ2v) is 7.71. The van der Waals surface area contributed by atoms with Crippen LogP contribution in [0.5, 0.6) is 5.88 Å². The van der Waals surface area contributed by atoms with Crippen LogP contribution >= 0.6 is 24.0 Å². The molecule has 1 atom stereocenters. The summed E-state index contributed by atoms with van der Waals surface area (Å²) in [7, 11) is 3.80. The Balaban J connectivity index is 0.00000256. The largest absolute Gasteiger partial charge is 0.474 e. The molecule has 0 spiro atoms. The maximum Gasteiger partial charge on any atom is 0.213 e. The molecule has 2 saturated heterocycles. The van der Waals surface area contributed by atoms with Crippen LogP contribution in [-0.2, 0) is 18.3 Å². The van der Waals surface area contributed by atoms with Crippen LogP contribution in [0.4, 0.5) is 0 Å². The van der Waals surface area contributed by atoms with Gasteiger partial charge in [0.2, 0.25) is 5.88 Å². The van der Waals surface area contributed by atoms with E-state index in [1.54, 1.807) is 0 Å². The van der Waals surface area contributed by atoms with E-state index in [1.165, 1.54) is 5.56 Å². The Kier molecular flexibility index (Phi) is 8.32. The highest BCUT2D eigenvalue weighted by molar-refractivity contribution is 14.0. The van der Waals surface area contributed by atoms with E-state index in [0.717, 1.165) is 57.1 Å². The van der Waals surface area contributed by atoms with Crippen molar-refractivity contribution in [3.05, 3.63) is 41.9 Å². The number of aliphatic imine (C=N–C) groups is 1. The number of halogens is 1. The van der Waals surface area contributed by atoms with E-state index >= 15 is 0 Å². The van der Waals surface area contributed by atoms with Gasteiger partial charge in [0.1, 0.15) is 6.10 Å². The van der Waals surface area contributed by atoms with Crippen molar-refractivity contribution in [2.45, 2.75) is 37.8 Å². The molecule has 0 aromatic carbocycles. The third-order valence-corrected chi connectivity index (χ3v) is 5.60. The molecule has 2 aromatic heterocycles. The van der Waals surface area contributed by atoms with E-state index < -0.39 is 0 Å². The molecule has 30 heavy (non-hydrogen) atoms. The van der Waals surface area contributed by atoms with Crippen LogP contribution in [0.2, 0.25) is 0 Å². The van der Waals surface area contributed by atoms with Crippen LogP contribution in [0.3, 0.4) is 0 Å². The number of rotatable bonds is 5. The van der Waals surface area contributed by atoms with Gasteiger partial charge in [-0.3, -0.25) is 9.67 Å². The van der Waals surface area contributed by atoms with Crippen molar-refractivity contribution in [1.82, 2.24) is 25.0 Å². The zero-order chi connectivity index (χ0) is 20.1. The Bertz CT molecular complexity index is 836. The van der Waals surface area contributed by atoms with E-state index in [2.05, 4.69) is 31.5 Å². The molecule has 0 aliphatic carbocycles. The smallest absolute Gasteiger partial charge is 0.213 e. The summed E-state index contributed by atoms with van der Waals surface area (Å²) in [6.45, 7) is 4.16. The maximum atomic E-state index is 6.03. The van der Waals surface area contributed by atoms with E-state index in [-0.39, 0.29) is 30.1 Å². The van der Waals surface area contributed by atoms with Crippen molar-refractivity contribution in [3.63, 3.8) is 0 Å². The number of hydrogen-bond acceptors (Lipinski definition) is 5. The minimum Gasteiger partial charge on any atom is -0.474 e. The van der Waals surface area contributed by atoms with E-state index in [4.69, 9.17) is 9.47 Å². The number of aryl methyl sites for hydroxylation is 1. The van der Waals surface area contributed by atoms with Crippen LogP contribution in [0.1, 0.15) is 36.3 Å². The van der Waals surface area contributed by atoms with Gasteiger partial charge in [0, 0.05) is 70.9 Å². The van der Waals surface area contributed by atoms with Crippen molar-refractivity contribution < 1.29 is 9.47 Å². The summed E-state index contributed by atoms with van der Waals surface area (Å²) in [5.74, 6) is 2.12.